The minimum atomic E-state index is -0.719. The van der Waals surface area contributed by atoms with E-state index in [4.69, 9.17) is 5.11 Å². The van der Waals surface area contributed by atoms with Gasteiger partial charge in [-0.3, -0.25) is 9.59 Å². The van der Waals surface area contributed by atoms with Crippen LogP contribution in [0.25, 0.3) is 0 Å². The summed E-state index contributed by atoms with van der Waals surface area (Å²) in [7, 11) is 0. The van der Waals surface area contributed by atoms with Gasteiger partial charge in [0, 0.05) is 6.54 Å². The van der Waals surface area contributed by atoms with Crippen LogP contribution in [0, 0.1) is 17.8 Å². The van der Waals surface area contributed by atoms with Crippen LogP contribution in [-0.4, -0.2) is 36.1 Å². The van der Waals surface area contributed by atoms with Crippen LogP contribution < -0.4 is 10.6 Å². The van der Waals surface area contributed by atoms with Crippen LogP contribution in [0.4, 0.5) is 0 Å². The van der Waals surface area contributed by atoms with Gasteiger partial charge in [-0.1, -0.05) is 19.8 Å². The molecule has 1 amide bonds. The smallest absolute Gasteiger partial charge is 0.306 e. The number of carbonyl (C=O) groups excluding carboxylic acids is 1. The van der Waals surface area contributed by atoms with Gasteiger partial charge in [0.15, 0.2) is 0 Å². The van der Waals surface area contributed by atoms with Crippen LogP contribution in [0.5, 0.6) is 0 Å². The van der Waals surface area contributed by atoms with E-state index in [-0.39, 0.29) is 23.8 Å². The molecule has 114 valence electrons. The fraction of sp³-hybridized carbons (Fsp3) is 0.867. The van der Waals surface area contributed by atoms with Gasteiger partial charge in [0.25, 0.3) is 0 Å². The number of amides is 1. The maximum absolute atomic E-state index is 12.2. The Bertz CT molecular complexity index is 359. The molecular formula is C15H26N2O3. The maximum atomic E-state index is 12.2. The Morgan fingerprint density at radius 1 is 1.30 bits per heavy atom. The van der Waals surface area contributed by atoms with Crippen molar-refractivity contribution in [1.82, 2.24) is 10.6 Å². The van der Waals surface area contributed by atoms with Crippen molar-refractivity contribution in [2.45, 2.75) is 51.5 Å². The number of hydrogen-bond donors (Lipinski definition) is 3. The van der Waals surface area contributed by atoms with Gasteiger partial charge in [0.2, 0.25) is 5.91 Å². The quantitative estimate of drug-likeness (QED) is 0.712. The number of carboxylic acid groups (broad SMARTS) is 1. The van der Waals surface area contributed by atoms with E-state index in [0.717, 1.165) is 45.1 Å². The summed E-state index contributed by atoms with van der Waals surface area (Å²) < 4.78 is 0. The first-order valence-electron chi connectivity index (χ1n) is 7.85. The summed E-state index contributed by atoms with van der Waals surface area (Å²) >= 11 is 0. The number of aliphatic carboxylic acids is 1. The summed E-state index contributed by atoms with van der Waals surface area (Å²) in [6.07, 6.45) is 5.77. The second kappa shape index (κ2) is 7.07. The second-order valence-electron chi connectivity index (χ2n) is 6.19. The van der Waals surface area contributed by atoms with E-state index < -0.39 is 5.97 Å². The predicted molar refractivity (Wildman–Crippen MR) is 76.3 cm³/mol. The van der Waals surface area contributed by atoms with Crippen LogP contribution in [-0.2, 0) is 9.59 Å². The number of carbonyl (C=O) groups is 2. The molecule has 20 heavy (non-hydrogen) atoms. The number of hydrogen-bond acceptors (Lipinski definition) is 3. The fourth-order valence-corrected chi connectivity index (χ4v) is 3.53. The number of carboxylic acids is 1. The topological polar surface area (TPSA) is 78.4 Å². The van der Waals surface area contributed by atoms with E-state index in [0.29, 0.717) is 12.5 Å². The molecule has 1 heterocycles. The van der Waals surface area contributed by atoms with E-state index in [1.165, 1.54) is 0 Å². The molecule has 0 aromatic heterocycles. The first kappa shape index (κ1) is 15.3. The Kier molecular flexibility index (Phi) is 5.40. The zero-order chi connectivity index (χ0) is 14.5. The highest BCUT2D eigenvalue weighted by Crippen LogP contribution is 2.31. The molecule has 5 nitrogen and oxygen atoms in total. The third kappa shape index (κ3) is 3.72. The van der Waals surface area contributed by atoms with E-state index in [9.17, 15) is 9.59 Å². The molecule has 4 atom stereocenters. The summed E-state index contributed by atoms with van der Waals surface area (Å²) in [5, 5.41) is 15.4. The van der Waals surface area contributed by atoms with Crippen molar-refractivity contribution in [2.24, 2.45) is 17.8 Å². The van der Waals surface area contributed by atoms with Gasteiger partial charge < -0.3 is 15.7 Å². The summed E-state index contributed by atoms with van der Waals surface area (Å²) in [5.74, 6) is -0.229. The molecular weight excluding hydrogens is 256 g/mol. The molecule has 1 saturated heterocycles. The van der Waals surface area contributed by atoms with Crippen LogP contribution in [0.3, 0.4) is 0 Å². The molecule has 2 rings (SSSR count). The number of piperidine rings is 1. The standard InChI is InChI=1S/C15H26N2O3/c1-2-10-6-7-16-13(8-10)14(18)17-9-11-4-3-5-12(11)15(19)20/h10-13,16H,2-9H2,1H3,(H,17,18)(H,19,20). The summed E-state index contributed by atoms with van der Waals surface area (Å²) in [6.45, 7) is 3.57. The zero-order valence-corrected chi connectivity index (χ0v) is 12.2. The van der Waals surface area contributed by atoms with Gasteiger partial charge in [-0.2, -0.15) is 0 Å². The predicted octanol–water partition coefficient (Wildman–Crippen LogP) is 1.38. The molecule has 0 aromatic rings. The third-order valence-corrected chi connectivity index (χ3v) is 4.92. The van der Waals surface area contributed by atoms with Crippen molar-refractivity contribution < 1.29 is 14.7 Å². The van der Waals surface area contributed by atoms with Crippen molar-refractivity contribution >= 4 is 11.9 Å². The third-order valence-electron chi connectivity index (χ3n) is 4.92. The van der Waals surface area contributed by atoms with Gasteiger partial charge in [-0.15, -0.1) is 0 Å². The first-order chi connectivity index (χ1) is 9.61. The Labute approximate surface area is 120 Å². The van der Waals surface area contributed by atoms with E-state index in [1.54, 1.807) is 0 Å². The molecule has 5 heteroatoms. The SMILES string of the molecule is CCC1CCNC(C(=O)NCC2CCCC2C(=O)O)C1. The Morgan fingerprint density at radius 2 is 2.10 bits per heavy atom. The maximum Gasteiger partial charge on any atom is 0.306 e. The largest absolute Gasteiger partial charge is 0.481 e. The van der Waals surface area contributed by atoms with Crippen LogP contribution in [0.1, 0.15) is 45.4 Å². The fourth-order valence-electron chi connectivity index (χ4n) is 3.53. The molecule has 1 aliphatic heterocycles. The highest BCUT2D eigenvalue weighted by atomic mass is 16.4. The lowest BCUT2D eigenvalue weighted by molar-refractivity contribution is -0.143. The Hall–Kier alpha value is -1.10. The molecule has 0 aromatic carbocycles. The summed E-state index contributed by atoms with van der Waals surface area (Å²) in [4.78, 5) is 23.3. The second-order valence-corrected chi connectivity index (χ2v) is 6.19. The van der Waals surface area contributed by atoms with Gasteiger partial charge >= 0.3 is 5.97 Å². The van der Waals surface area contributed by atoms with Crippen molar-refractivity contribution in [1.29, 1.82) is 0 Å². The molecule has 0 radical (unpaired) electrons. The molecule has 2 fully saturated rings. The molecule has 3 N–H and O–H groups in total. The lowest BCUT2D eigenvalue weighted by Gasteiger charge is -2.29. The van der Waals surface area contributed by atoms with Crippen molar-refractivity contribution in [3.63, 3.8) is 0 Å². The van der Waals surface area contributed by atoms with Gasteiger partial charge in [0.05, 0.1) is 12.0 Å². The Balaban J connectivity index is 1.78. The number of rotatable bonds is 5. The van der Waals surface area contributed by atoms with Crippen molar-refractivity contribution in [3.8, 4) is 0 Å². The van der Waals surface area contributed by atoms with Gasteiger partial charge in [-0.05, 0) is 44.1 Å². The minimum Gasteiger partial charge on any atom is -0.481 e. The molecule has 0 bridgehead atoms. The minimum absolute atomic E-state index is 0.0409. The average Bonchev–Trinajstić information content (AvgIpc) is 2.93. The molecule has 2 aliphatic rings. The van der Waals surface area contributed by atoms with E-state index >= 15 is 0 Å². The van der Waals surface area contributed by atoms with Gasteiger partial charge in [-0.25, -0.2) is 0 Å². The Morgan fingerprint density at radius 3 is 2.80 bits per heavy atom. The van der Waals surface area contributed by atoms with Gasteiger partial charge in [0.1, 0.15) is 0 Å². The highest BCUT2D eigenvalue weighted by Gasteiger charge is 2.33. The van der Waals surface area contributed by atoms with Crippen LogP contribution >= 0.6 is 0 Å². The number of nitrogens with one attached hydrogen (secondary N) is 2. The van der Waals surface area contributed by atoms with Crippen LogP contribution in [0.15, 0.2) is 0 Å². The molecule has 1 aliphatic carbocycles. The molecule has 4 unspecified atom stereocenters. The van der Waals surface area contributed by atoms with Crippen molar-refractivity contribution in [3.05, 3.63) is 0 Å². The highest BCUT2D eigenvalue weighted by molar-refractivity contribution is 5.82. The molecule has 1 saturated carbocycles. The zero-order valence-electron chi connectivity index (χ0n) is 12.2. The lowest BCUT2D eigenvalue weighted by atomic mass is 9.90. The molecule has 0 spiro atoms. The van der Waals surface area contributed by atoms with E-state index in [1.807, 2.05) is 0 Å². The first-order valence-corrected chi connectivity index (χ1v) is 7.85. The monoisotopic (exact) mass is 282 g/mol. The normalized spacial score (nSPS) is 33.9. The van der Waals surface area contributed by atoms with Crippen molar-refractivity contribution in [2.75, 3.05) is 13.1 Å². The summed E-state index contributed by atoms with van der Waals surface area (Å²) in [6, 6.07) is -0.0987. The lowest BCUT2D eigenvalue weighted by Crippen LogP contribution is -2.49. The summed E-state index contributed by atoms with van der Waals surface area (Å²) in [5.41, 5.74) is 0. The van der Waals surface area contributed by atoms with Crippen LogP contribution in [0.2, 0.25) is 0 Å². The average molecular weight is 282 g/mol. The van der Waals surface area contributed by atoms with E-state index in [2.05, 4.69) is 17.6 Å².